The zero-order valence-electron chi connectivity index (χ0n) is 21.4. The number of ketones is 1. The van der Waals surface area contributed by atoms with Crippen LogP contribution < -0.4 is 10.6 Å². The Bertz CT molecular complexity index is 1020. The van der Waals surface area contributed by atoms with Gasteiger partial charge in [0.25, 0.3) is 0 Å². The summed E-state index contributed by atoms with van der Waals surface area (Å²) in [7, 11) is 0. The van der Waals surface area contributed by atoms with Crippen LogP contribution in [0.3, 0.4) is 0 Å². The second kappa shape index (κ2) is 10.9. The minimum absolute atomic E-state index is 0.368. The fourth-order valence-electron chi connectivity index (χ4n) is 6.70. The molecule has 8 heteroatoms. The Morgan fingerprint density at radius 3 is 2.58 bits per heavy atom. The fourth-order valence-corrected chi connectivity index (χ4v) is 6.70. The largest absolute Gasteiger partial charge is 0.351 e. The van der Waals surface area contributed by atoms with Gasteiger partial charge < -0.3 is 15.5 Å². The van der Waals surface area contributed by atoms with Crippen molar-refractivity contribution in [3.8, 4) is 0 Å². The summed E-state index contributed by atoms with van der Waals surface area (Å²) in [5.41, 5.74) is 1.22. The number of nitrogens with zero attached hydrogens (tertiary/aromatic N) is 4. The Kier molecular flexibility index (Phi) is 7.21. The lowest BCUT2D eigenvalue weighted by molar-refractivity contribution is -0.121. The van der Waals surface area contributed by atoms with Crippen molar-refractivity contribution in [3.63, 3.8) is 0 Å². The highest BCUT2D eigenvalue weighted by Gasteiger charge is 2.35. The molecule has 0 bridgehead atoms. The van der Waals surface area contributed by atoms with Crippen LogP contribution in [0.1, 0.15) is 95.1 Å². The van der Waals surface area contributed by atoms with Crippen LogP contribution >= 0.6 is 0 Å². The molecule has 1 aliphatic heterocycles. The molecule has 6 rings (SSSR count). The van der Waals surface area contributed by atoms with Gasteiger partial charge in [-0.2, -0.15) is 10.1 Å². The molecule has 3 N–H and O–H groups in total. The fraction of sp³-hybridized carbons (Fsp3) is 0.714. The summed E-state index contributed by atoms with van der Waals surface area (Å²) < 4.78 is 0. The molecule has 3 aliphatic carbocycles. The third kappa shape index (κ3) is 6.07. The molecule has 3 saturated carbocycles. The number of rotatable bonds is 10. The zero-order chi connectivity index (χ0) is 24.3. The predicted molar refractivity (Wildman–Crippen MR) is 141 cm³/mol. The first-order valence-corrected chi connectivity index (χ1v) is 14.4. The molecule has 4 fully saturated rings. The molecule has 1 atom stereocenters. The molecule has 2 aromatic rings. The first-order valence-electron chi connectivity index (χ1n) is 14.4. The van der Waals surface area contributed by atoms with E-state index in [0.29, 0.717) is 35.5 Å². The number of Topliss-reactive ketones (excluding diaryl/α,β-unsaturated/α-hetero) is 1. The average Bonchev–Trinajstić information content (AvgIpc) is 3.25. The van der Waals surface area contributed by atoms with Crippen LogP contribution in [0.4, 0.5) is 17.6 Å². The zero-order valence-corrected chi connectivity index (χ0v) is 21.4. The normalized spacial score (nSPS) is 27.4. The first-order chi connectivity index (χ1) is 17.7. The van der Waals surface area contributed by atoms with Crippen molar-refractivity contribution < 1.29 is 4.79 Å². The molecule has 1 saturated heterocycles. The molecule has 8 nitrogen and oxygen atoms in total. The summed E-state index contributed by atoms with van der Waals surface area (Å²) in [5, 5.41) is 14.5. The van der Waals surface area contributed by atoms with E-state index in [1.807, 2.05) is 6.07 Å². The van der Waals surface area contributed by atoms with Gasteiger partial charge in [0.15, 0.2) is 5.82 Å². The highest BCUT2D eigenvalue weighted by Crippen LogP contribution is 2.35. The van der Waals surface area contributed by atoms with Crippen molar-refractivity contribution in [2.75, 3.05) is 23.7 Å². The van der Waals surface area contributed by atoms with Crippen LogP contribution in [0, 0.1) is 11.8 Å². The molecule has 3 heterocycles. The number of hydrogen-bond donors (Lipinski definition) is 3. The first kappa shape index (κ1) is 23.9. The van der Waals surface area contributed by atoms with Gasteiger partial charge >= 0.3 is 0 Å². The SMILES string of the molecule is O=C(CC1CCC(Nc2nccc(Nc3cc(C4CCCC4)[nH]n3)n2)CC1)CC1CCN(C2CC2)C1. The van der Waals surface area contributed by atoms with Crippen molar-refractivity contribution >= 4 is 23.4 Å². The summed E-state index contributed by atoms with van der Waals surface area (Å²) >= 11 is 0. The van der Waals surface area contributed by atoms with Crippen molar-refractivity contribution in [3.05, 3.63) is 24.0 Å². The van der Waals surface area contributed by atoms with Gasteiger partial charge in [-0.3, -0.25) is 9.89 Å². The van der Waals surface area contributed by atoms with Crippen LogP contribution in [0.5, 0.6) is 0 Å². The molecular weight excluding hydrogens is 450 g/mol. The number of carbonyl (C=O) groups excluding carboxylic acids is 1. The number of aromatic nitrogens is 4. The smallest absolute Gasteiger partial charge is 0.224 e. The highest BCUT2D eigenvalue weighted by molar-refractivity contribution is 5.79. The summed E-state index contributed by atoms with van der Waals surface area (Å²) in [6.45, 7) is 2.37. The number of aromatic amines is 1. The molecule has 36 heavy (non-hydrogen) atoms. The van der Waals surface area contributed by atoms with E-state index in [1.165, 1.54) is 57.2 Å². The molecule has 4 aliphatic rings. The van der Waals surface area contributed by atoms with Gasteiger partial charge in [-0.1, -0.05) is 12.8 Å². The Balaban J connectivity index is 0.934. The van der Waals surface area contributed by atoms with E-state index in [0.717, 1.165) is 62.7 Å². The van der Waals surface area contributed by atoms with Gasteiger partial charge in [0.1, 0.15) is 11.6 Å². The number of anilines is 3. The van der Waals surface area contributed by atoms with Crippen molar-refractivity contribution in [2.24, 2.45) is 11.8 Å². The predicted octanol–water partition coefficient (Wildman–Crippen LogP) is 5.41. The van der Waals surface area contributed by atoms with Crippen LogP contribution in [-0.2, 0) is 4.79 Å². The second-order valence-corrected chi connectivity index (χ2v) is 11.8. The quantitative estimate of drug-likeness (QED) is 0.409. The lowest BCUT2D eigenvalue weighted by atomic mass is 9.82. The minimum Gasteiger partial charge on any atom is -0.351 e. The van der Waals surface area contributed by atoms with E-state index >= 15 is 0 Å². The van der Waals surface area contributed by atoms with E-state index in [1.54, 1.807) is 6.20 Å². The summed E-state index contributed by atoms with van der Waals surface area (Å²) in [6, 6.07) is 5.20. The lowest BCUT2D eigenvalue weighted by Gasteiger charge is -2.29. The maximum Gasteiger partial charge on any atom is 0.224 e. The average molecular weight is 492 g/mol. The van der Waals surface area contributed by atoms with Crippen molar-refractivity contribution in [1.82, 2.24) is 25.1 Å². The molecule has 0 radical (unpaired) electrons. The van der Waals surface area contributed by atoms with Gasteiger partial charge in [0.2, 0.25) is 5.95 Å². The van der Waals surface area contributed by atoms with Crippen molar-refractivity contribution in [2.45, 2.75) is 101 Å². The van der Waals surface area contributed by atoms with E-state index < -0.39 is 0 Å². The molecule has 0 aromatic carbocycles. The van der Waals surface area contributed by atoms with Crippen molar-refractivity contribution in [1.29, 1.82) is 0 Å². The molecule has 1 unspecified atom stereocenters. The van der Waals surface area contributed by atoms with Gasteiger partial charge in [-0.05, 0) is 82.2 Å². The van der Waals surface area contributed by atoms with Gasteiger partial charge in [0.05, 0.1) is 0 Å². The Hall–Kier alpha value is -2.48. The molecule has 194 valence electrons. The van der Waals surface area contributed by atoms with E-state index in [-0.39, 0.29) is 0 Å². The van der Waals surface area contributed by atoms with Gasteiger partial charge in [-0.15, -0.1) is 0 Å². The second-order valence-electron chi connectivity index (χ2n) is 11.8. The van der Waals surface area contributed by atoms with Gasteiger partial charge in [0, 0.05) is 55.3 Å². The number of hydrogen-bond acceptors (Lipinski definition) is 7. The number of carbonyl (C=O) groups is 1. The van der Waals surface area contributed by atoms with Crippen LogP contribution in [0.15, 0.2) is 18.3 Å². The number of likely N-dealkylation sites (tertiary alicyclic amines) is 1. The summed E-state index contributed by atoms with van der Waals surface area (Å²) in [5.74, 6) is 4.47. The summed E-state index contributed by atoms with van der Waals surface area (Å²) in [6.07, 6.45) is 16.8. The monoisotopic (exact) mass is 491 g/mol. The molecular formula is C28H41N7O. The highest BCUT2D eigenvalue weighted by atomic mass is 16.1. The third-order valence-corrected chi connectivity index (χ3v) is 8.90. The minimum atomic E-state index is 0.368. The molecule has 0 spiro atoms. The van der Waals surface area contributed by atoms with Crippen LogP contribution in [0.25, 0.3) is 0 Å². The Labute approximate surface area is 214 Å². The number of nitrogens with one attached hydrogen (secondary N) is 3. The van der Waals surface area contributed by atoms with E-state index in [2.05, 4.69) is 41.8 Å². The standard InChI is InChI=1S/C28H41N7O/c36-24(16-20-12-14-35(18-20)23-9-10-23)15-19-5-7-22(8-6-19)30-28-29-13-11-26(32-28)31-27-17-25(33-34-27)21-3-1-2-4-21/h11,13,17,19-23H,1-10,12,14-16,18H2,(H3,29,30,31,32,33,34). The molecule has 0 amide bonds. The van der Waals surface area contributed by atoms with Crippen LogP contribution in [0.2, 0.25) is 0 Å². The third-order valence-electron chi connectivity index (χ3n) is 8.90. The van der Waals surface area contributed by atoms with Crippen LogP contribution in [-0.4, -0.2) is 56.0 Å². The van der Waals surface area contributed by atoms with Gasteiger partial charge in [-0.25, -0.2) is 4.98 Å². The van der Waals surface area contributed by atoms with E-state index in [9.17, 15) is 4.79 Å². The Morgan fingerprint density at radius 1 is 0.972 bits per heavy atom. The Morgan fingerprint density at radius 2 is 1.78 bits per heavy atom. The summed E-state index contributed by atoms with van der Waals surface area (Å²) in [4.78, 5) is 24.5. The lowest BCUT2D eigenvalue weighted by Crippen LogP contribution is -2.28. The van der Waals surface area contributed by atoms with E-state index in [4.69, 9.17) is 0 Å². The topological polar surface area (TPSA) is 98.8 Å². The number of H-pyrrole nitrogens is 1. The maximum atomic E-state index is 12.7. The maximum absolute atomic E-state index is 12.7. The molecule has 2 aromatic heterocycles.